The Morgan fingerprint density at radius 2 is 1.67 bits per heavy atom. The van der Waals surface area contributed by atoms with E-state index in [4.69, 9.17) is 4.74 Å². The average Bonchev–Trinajstić information content (AvgIpc) is 2.58. The molecule has 0 saturated heterocycles. The van der Waals surface area contributed by atoms with Gasteiger partial charge >= 0.3 is 0 Å². The van der Waals surface area contributed by atoms with Crippen molar-refractivity contribution in [2.24, 2.45) is 0 Å². The molecule has 27 heavy (non-hydrogen) atoms. The van der Waals surface area contributed by atoms with Crippen molar-refractivity contribution in [2.75, 3.05) is 25.4 Å². The van der Waals surface area contributed by atoms with Crippen molar-refractivity contribution in [2.45, 2.75) is 16.7 Å². The number of nitrogens with zero attached hydrogens (tertiary/aromatic N) is 1. The van der Waals surface area contributed by atoms with Gasteiger partial charge in [0.15, 0.2) is 0 Å². The van der Waals surface area contributed by atoms with Gasteiger partial charge in [-0.15, -0.1) is 0 Å². The standard InChI is InChI=1S/C16H18F2N2O5S2/c1-4-25-14-8-6-12(10-16(14)27(23,24)20(2)3)19-26(21,22)15-9-11(17)5-7-13(15)18/h5-10,19H,4H2,1-3H3. The number of sulfonamides is 2. The van der Waals surface area contributed by atoms with E-state index in [-0.39, 0.29) is 22.9 Å². The van der Waals surface area contributed by atoms with Crippen LogP contribution in [0.4, 0.5) is 14.5 Å². The molecule has 0 atom stereocenters. The second-order valence-corrected chi connectivity index (χ2v) is 9.33. The van der Waals surface area contributed by atoms with Gasteiger partial charge in [-0.1, -0.05) is 0 Å². The molecule has 148 valence electrons. The predicted octanol–water partition coefficient (Wildman–Crippen LogP) is 2.41. The molecule has 0 aromatic heterocycles. The number of hydrogen-bond acceptors (Lipinski definition) is 5. The van der Waals surface area contributed by atoms with E-state index in [2.05, 4.69) is 4.72 Å². The fraction of sp³-hybridized carbons (Fsp3) is 0.250. The van der Waals surface area contributed by atoms with Crippen LogP contribution in [-0.2, 0) is 20.0 Å². The molecule has 11 heteroatoms. The molecule has 0 amide bonds. The summed E-state index contributed by atoms with van der Waals surface area (Å²) >= 11 is 0. The molecule has 2 aromatic carbocycles. The minimum absolute atomic E-state index is 0.0334. The fourth-order valence-corrected chi connectivity index (χ4v) is 4.33. The molecule has 0 heterocycles. The first-order chi connectivity index (χ1) is 12.5. The van der Waals surface area contributed by atoms with Gasteiger partial charge in [0.05, 0.1) is 12.3 Å². The van der Waals surface area contributed by atoms with Crippen LogP contribution >= 0.6 is 0 Å². The predicted molar refractivity (Wildman–Crippen MR) is 95.7 cm³/mol. The Kier molecular flexibility index (Phi) is 6.07. The number of ether oxygens (including phenoxy) is 1. The van der Waals surface area contributed by atoms with Crippen molar-refractivity contribution in [1.82, 2.24) is 4.31 Å². The van der Waals surface area contributed by atoms with E-state index in [9.17, 15) is 25.6 Å². The van der Waals surface area contributed by atoms with E-state index < -0.39 is 36.6 Å². The number of nitrogens with one attached hydrogen (secondary N) is 1. The maximum Gasteiger partial charge on any atom is 0.264 e. The topological polar surface area (TPSA) is 92.8 Å². The molecule has 0 bridgehead atoms. The highest BCUT2D eigenvalue weighted by Crippen LogP contribution is 2.30. The van der Waals surface area contributed by atoms with Crippen molar-refractivity contribution < 1.29 is 30.4 Å². The molecule has 1 N–H and O–H groups in total. The lowest BCUT2D eigenvalue weighted by Gasteiger charge is -2.17. The Morgan fingerprint density at radius 1 is 1.00 bits per heavy atom. The molecule has 0 unspecified atom stereocenters. The monoisotopic (exact) mass is 420 g/mol. The maximum atomic E-state index is 13.8. The van der Waals surface area contributed by atoms with Gasteiger partial charge in [-0.2, -0.15) is 0 Å². The molecule has 2 rings (SSSR count). The molecule has 0 aliphatic carbocycles. The van der Waals surface area contributed by atoms with Crippen molar-refractivity contribution in [3.63, 3.8) is 0 Å². The highest BCUT2D eigenvalue weighted by Gasteiger charge is 2.25. The SMILES string of the molecule is CCOc1ccc(NS(=O)(=O)c2cc(F)ccc2F)cc1S(=O)(=O)N(C)C. The molecule has 0 radical (unpaired) electrons. The summed E-state index contributed by atoms with van der Waals surface area (Å²) in [5.74, 6) is -2.04. The highest BCUT2D eigenvalue weighted by molar-refractivity contribution is 7.92. The summed E-state index contributed by atoms with van der Waals surface area (Å²) in [6.07, 6.45) is 0. The number of rotatable bonds is 7. The number of hydrogen-bond donors (Lipinski definition) is 1. The van der Waals surface area contributed by atoms with Crippen molar-refractivity contribution in [3.05, 3.63) is 48.0 Å². The highest BCUT2D eigenvalue weighted by atomic mass is 32.2. The van der Waals surface area contributed by atoms with E-state index in [1.54, 1.807) is 6.92 Å². The normalized spacial score (nSPS) is 12.2. The molecule has 7 nitrogen and oxygen atoms in total. The molecule has 0 aliphatic heterocycles. The van der Waals surface area contributed by atoms with Crippen LogP contribution in [0.2, 0.25) is 0 Å². The van der Waals surface area contributed by atoms with Gasteiger partial charge in [0.2, 0.25) is 10.0 Å². The first-order valence-corrected chi connectivity index (χ1v) is 10.6. The zero-order valence-electron chi connectivity index (χ0n) is 14.7. The van der Waals surface area contributed by atoms with E-state index in [1.165, 1.54) is 26.2 Å². The van der Waals surface area contributed by atoms with Crippen LogP contribution in [0.5, 0.6) is 5.75 Å². The van der Waals surface area contributed by atoms with Crippen LogP contribution in [0.15, 0.2) is 46.2 Å². The lowest BCUT2D eigenvalue weighted by molar-refractivity contribution is 0.330. The third kappa shape index (κ3) is 4.54. The molecule has 2 aromatic rings. The van der Waals surface area contributed by atoms with E-state index >= 15 is 0 Å². The van der Waals surface area contributed by atoms with Crippen molar-refractivity contribution in [3.8, 4) is 5.75 Å². The minimum atomic E-state index is -4.49. The van der Waals surface area contributed by atoms with E-state index in [1.807, 2.05) is 0 Å². The number of anilines is 1. The van der Waals surface area contributed by atoms with Crippen LogP contribution in [0.25, 0.3) is 0 Å². The van der Waals surface area contributed by atoms with Gasteiger partial charge in [-0.05, 0) is 43.3 Å². The van der Waals surface area contributed by atoms with Gasteiger partial charge in [0, 0.05) is 14.1 Å². The Labute approximate surface area is 156 Å². The lowest BCUT2D eigenvalue weighted by atomic mass is 10.3. The number of benzene rings is 2. The van der Waals surface area contributed by atoms with Crippen molar-refractivity contribution >= 4 is 25.7 Å². The summed E-state index contributed by atoms with van der Waals surface area (Å²) in [7, 11) is -5.82. The molecular formula is C16H18F2N2O5S2. The maximum absolute atomic E-state index is 13.8. The number of halogens is 2. The molecule has 0 saturated carbocycles. The Balaban J connectivity index is 2.52. The molecule has 0 spiro atoms. The third-order valence-electron chi connectivity index (χ3n) is 3.44. The first kappa shape index (κ1) is 21.1. The van der Waals surface area contributed by atoms with Gasteiger partial charge in [-0.25, -0.2) is 29.9 Å². The molecule has 0 aliphatic rings. The average molecular weight is 420 g/mol. The smallest absolute Gasteiger partial charge is 0.264 e. The lowest BCUT2D eigenvalue weighted by Crippen LogP contribution is -2.23. The van der Waals surface area contributed by atoms with Gasteiger partial charge in [0.1, 0.15) is 27.2 Å². The van der Waals surface area contributed by atoms with Crippen LogP contribution in [-0.4, -0.2) is 41.8 Å². The summed E-state index contributed by atoms with van der Waals surface area (Å²) in [5.41, 5.74) is -0.150. The van der Waals surface area contributed by atoms with E-state index in [0.717, 1.165) is 16.4 Å². The Morgan fingerprint density at radius 3 is 2.26 bits per heavy atom. The summed E-state index contributed by atoms with van der Waals surface area (Å²) in [4.78, 5) is -1.16. The zero-order valence-corrected chi connectivity index (χ0v) is 16.4. The zero-order chi connectivity index (χ0) is 20.4. The summed E-state index contributed by atoms with van der Waals surface area (Å²) in [6.45, 7) is 1.85. The largest absolute Gasteiger partial charge is 0.492 e. The van der Waals surface area contributed by atoms with Crippen LogP contribution < -0.4 is 9.46 Å². The molecular weight excluding hydrogens is 402 g/mol. The minimum Gasteiger partial charge on any atom is -0.492 e. The second kappa shape index (κ2) is 7.79. The summed E-state index contributed by atoms with van der Waals surface area (Å²) in [5, 5.41) is 0. The third-order valence-corrected chi connectivity index (χ3v) is 6.67. The second-order valence-electron chi connectivity index (χ2n) is 5.56. The fourth-order valence-electron chi connectivity index (χ4n) is 2.14. The summed E-state index contributed by atoms with van der Waals surface area (Å²) < 4.78 is 85.1. The van der Waals surface area contributed by atoms with Gasteiger partial charge in [0.25, 0.3) is 10.0 Å². The quantitative estimate of drug-likeness (QED) is 0.743. The Bertz CT molecular complexity index is 1050. The Hall–Kier alpha value is -2.24. The first-order valence-electron chi connectivity index (χ1n) is 7.66. The van der Waals surface area contributed by atoms with E-state index in [0.29, 0.717) is 12.1 Å². The van der Waals surface area contributed by atoms with Crippen LogP contribution in [0.3, 0.4) is 0 Å². The van der Waals surface area contributed by atoms with Crippen molar-refractivity contribution in [1.29, 1.82) is 0 Å². The summed E-state index contributed by atoms with van der Waals surface area (Å²) in [6, 6.07) is 5.59. The van der Waals surface area contributed by atoms with Gasteiger partial charge < -0.3 is 4.74 Å². The van der Waals surface area contributed by atoms with Crippen LogP contribution in [0, 0.1) is 11.6 Å². The molecule has 0 fully saturated rings. The van der Waals surface area contributed by atoms with Crippen LogP contribution in [0.1, 0.15) is 6.92 Å². The van der Waals surface area contributed by atoms with Gasteiger partial charge in [-0.3, -0.25) is 4.72 Å².